The molecule has 2 unspecified atom stereocenters. The average Bonchev–Trinajstić information content (AvgIpc) is 2.54. The van der Waals surface area contributed by atoms with E-state index in [4.69, 9.17) is 0 Å². The van der Waals surface area contributed by atoms with Crippen LogP contribution in [0.5, 0.6) is 0 Å². The number of H-pyrrole nitrogens is 1. The summed E-state index contributed by atoms with van der Waals surface area (Å²) in [7, 11) is -6.87. The third-order valence-electron chi connectivity index (χ3n) is 3.63. The third kappa shape index (κ3) is 3.87. The fourth-order valence-electron chi connectivity index (χ4n) is 2.34. The van der Waals surface area contributed by atoms with E-state index in [0.717, 1.165) is 12.3 Å². The van der Waals surface area contributed by atoms with Crippen molar-refractivity contribution in [2.45, 2.75) is 30.3 Å². The van der Waals surface area contributed by atoms with Crippen LogP contribution in [-0.4, -0.2) is 34.9 Å². The van der Waals surface area contributed by atoms with Crippen LogP contribution in [0.25, 0.3) is 0 Å². The summed E-state index contributed by atoms with van der Waals surface area (Å²) >= 11 is 0. The number of aromatic amines is 1. The van der Waals surface area contributed by atoms with Gasteiger partial charge in [-0.1, -0.05) is 6.92 Å². The number of nitrogens with one attached hydrogen (secondary N) is 1. The minimum Gasteiger partial charge on any atom is -0.336 e. The predicted molar refractivity (Wildman–Crippen MR) is 88.2 cm³/mol. The van der Waals surface area contributed by atoms with Crippen LogP contribution < -0.4 is 10.5 Å². The topological polar surface area (TPSA) is 87.3 Å². The van der Waals surface area contributed by atoms with E-state index in [2.05, 4.69) is 4.98 Å². The van der Waals surface area contributed by atoms with Gasteiger partial charge in [0.2, 0.25) is 0 Å². The Morgan fingerprint density at radius 2 is 2.00 bits per heavy atom. The standard InChI is InChI=1S/C14H15F3N2O4S2/c1-3-25(22,23)12-5-4-6-19(9(12)2)11-7-10(8-18-13(11)20)24(21)14(15,16)17/h4-9H,3H2,1-2H3,(H,18,20). The second kappa shape index (κ2) is 6.79. The molecule has 0 amide bonds. The number of pyridine rings is 1. The molecular weight excluding hydrogens is 381 g/mol. The van der Waals surface area contributed by atoms with Gasteiger partial charge in [-0.15, -0.1) is 0 Å². The van der Waals surface area contributed by atoms with E-state index in [1.165, 1.54) is 37.1 Å². The normalized spacial score (nSPS) is 19.6. The number of rotatable bonds is 4. The molecule has 25 heavy (non-hydrogen) atoms. The molecule has 0 aromatic carbocycles. The summed E-state index contributed by atoms with van der Waals surface area (Å²) in [4.78, 5) is 14.8. The zero-order chi connectivity index (χ0) is 19.0. The second-order valence-corrected chi connectivity index (χ2v) is 8.91. The molecule has 11 heteroatoms. The Morgan fingerprint density at radius 1 is 1.36 bits per heavy atom. The highest BCUT2D eigenvalue weighted by Gasteiger charge is 2.39. The molecule has 138 valence electrons. The molecule has 6 nitrogen and oxygen atoms in total. The summed E-state index contributed by atoms with van der Waals surface area (Å²) in [5, 5.41) is 0. The number of hydrogen-bond donors (Lipinski definition) is 1. The van der Waals surface area contributed by atoms with Crippen molar-refractivity contribution in [3.05, 3.63) is 45.9 Å². The lowest BCUT2D eigenvalue weighted by Gasteiger charge is -2.31. The van der Waals surface area contributed by atoms with Crippen molar-refractivity contribution in [3.63, 3.8) is 0 Å². The van der Waals surface area contributed by atoms with E-state index >= 15 is 0 Å². The Kier molecular flexibility index (Phi) is 5.28. The van der Waals surface area contributed by atoms with Crippen LogP contribution in [0.1, 0.15) is 13.8 Å². The maximum atomic E-state index is 12.6. The summed E-state index contributed by atoms with van der Waals surface area (Å²) in [6.45, 7) is 2.97. The van der Waals surface area contributed by atoms with Crippen LogP contribution in [0, 0.1) is 0 Å². The van der Waals surface area contributed by atoms with E-state index in [1.54, 1.807) is 0 Å². The average molecular weight is 396 g/mol. The molecule has 0 fully saturated rings. The number of allylic oxidation sites excluding steroid dienone is 2. The first-order valence-corrected chi connectivity index (χ1v) is 9.90. The Labute approximate surface area is 144 Å². The molecular formula is C14H15F3N2O4S2. The number of nitrogens with zero attached hydrogens (tertiary/aromatic N) is 1. The first kappa shape index (κ1) is 19.4. The third-order valence-corrected chi connectivity index (χ3v) is 6.67. The maximum Gasteiger partial charge on any atom is 0.475 e. The van der Waals surface area contributed by atoms with Crippen LogP contribution in [0.15, 0.2) is 45.2 Å². The number of alkyl halides is 3. The van der Waals surface area contributed by atoms with Crippen LogP contribution in [0.4, 0.5) is 18.9 Å². The van der Waals surface area contributed by atoms with E-state index in [1.807, 2.05) is 0 Å². The zero-order valence-corrected chi connectivity index (χ0v) is 14.8. The van der Waals surface area contributed by atoms with Crippen molar-refractivity contribution in [1.82, 2.24) is 4.98 Å². The summed E-state index contributed by atoms with van der Waals surface area (Å²) in [5.74, 6) is -0.153. The molecule has 0 radical (unpaired) electrons. The van der Waals surface area contributed by atoms with Gasteiger partial charge >= 0.3 is 5.51 Å². The van der Waals surface area contributed by atoms with Gasteiger partial charge in [-0.05, 0) is 25.1 Å². The van der Waals surface area contributed by atoms with E-state index in [0.29, 0.717) is 0 Å². The lowest BCUT2D eigenvalue weighted by Crippen LogP contribution is -2.38. The molecule has 2 rings (SSSR count). The lowest BCUT2D eigenvalue weighted by atomic mass is 10.2. The Balaban J connectivity index is 2.50. The van der Waals surface area contributed by atoms with Gasteiger partial charge in [0, 0.05) is 12.4 Å². The van der Waals surface area contributed by atoms with Gasteiger partial charge in [0.15, 0.2) is 20.6 Å². The monoisotopic (exact) mass is 396 g/mol. The fraction of sp³-hybridized carbons (Fsp3) is 0.357. The highest BCUT2D eigenvalue weighted by atomic mass is 32.2. The van der Waals surface area contributed by atoms with E-state index < -0.39 is 42.6 Å². The first-order valence-electron chi connectivity index (χ1n) is 7.10. The number of sulfone groups is 1. The lowest BCUT2D eigenvalue weighted by molar-refractivity contribution is -0.0384. The molecule has 1 aliphatic rings. The first-order chi connectivity index (χ1) is 11.5. The van der Waals surface area contributed by atoms with Crippen molar-refractivity contribution in [1.29, 1.82) is 0 Å². The van der Waals surface area contributed by atoms with E-state index in [-0.39, 0.29) is 16.3 Å². The van der Waals surface area contributed by atoms with E-state index in [9.17, 15) is 30.6 Å². The van der Waals surface area contributed by atoms with Crippen LogP contribution in [-0.2, 0) is 20.6 Å². The summed E-state index contributed by atoms with van der Waals surface area (Å²) < 4.78 is 73.7. The van der Waals surface area contributed by atoms with Gasteiger partial charge in [0.25, 0.3) is 5.56 Å². The molecule has 2 atom stereocenters. The van der Waals surface area contributed by atoms with Gasteiger partial charge in [-0.25, -0.2) is 12.6 Å². The highest BCUT2D eigenvalue weighted by Crippen LogP contribution is 2.29. The highest BCUT2D eigenvalue weighted by molar-refractivity contribution is 7.95. The minimum atomic E-state index is -4.98. The molecule has 0 bridgehead atoms. The quantitative estimate of drug-likeness (QED) is 0.842. The van der Waals surface area contributed by atoms with Crippen LogP contribution >= 0.6 is 0 Å². The van der Waals surface area contributed by atoms with Crippen molar-refractivity contribution < 1.29 is 25.8 Å². The van der Waals surface area contributed by atoms with Gasteiger partial charge in [0.1, 0.15) is 5.69 Å². The Hall–Kier alpha value is -1.88. The van der Waals surface area contributed by atoms with Crippen molar-refractivity contribution in [2.24, 2.45) is 0 Å². The Morgan fingerprint density at radius 3 is 2.56 bits per heavy atom. The zero-order valence-electron chi connectivity index (χ0n) is 13.2. The molecule has 0 saturated carbocycles. The summed E-state index contributed by atoms with van der Waals surface area (Å²) in [6.07, 6.45) is 4.87. The SMILES string of the molecule is CCS(=O)(=O)C1=CC=CN(c2cc(S(=O)C(F)(F)F)c[nH]c2=O)C1C. The molecule has 2 heterocycles. The number of hydrogen-bond acceptors (Lipinski definition) is 5. The van der Waals surface area contributed by atoms with Crippen molar-refractivity contribution in [2.75, 3.05) is 10.7 Å². The Bertz CT molecular complexity index is 917. The number of aromatic nitrogens is 1. The molecule has 0 spiro atoms. The van der Waals surface area contributed by atoms with Crippen molar-refractivity contribution in [3.8, 4) is 0 Å². The molecule has 0 aliphatic carbocycles. The number of halogens is 3. The van der Waals surface area contributed by atoms with Crippen molar-refractivity contribution >= 4 is 26.3 Å². The van der Waals surface area contributed by atoms with Gasteiger partial charge in [-0.3, -0.25) is 4.79 Å². The smallest absolute Gasteiger partial charge is 0.336 e. The molecule has 1 aromatic rings. The summed E-state index contributed by atoms with van der Waals surface area (Å²) in [6, 6.07) is 0.0516. The van der Waals surface area contributed by atoms with Crippen LogP contribution in [0.2, 0.25) is 0 Å². The van der Waals surface area contributed by atoms with Gasteiger partial charge in [-0.2, -0.15) is 13.2 Å². The summed E-state index contributed by atoms with van der Waals surface area (Å²) in [5.41, 5.74) is -5.93. The molecule has 0 saturated heterocycles. The largest absolute Gasteiger partial charge is 0.475 e. The van der Waals surface area contributed by atoms with Gasteiger partial charge < -0.3 is 9.88 Å². The number of anilines is 1. The predicted octanol–water partition coefficient (Wildman–Crippen LogP) is 2.04. The fourth-order valence-corrected chi connectivity index (χ4v) is 4.24. The minimum absolute atomic E-state index is 0.0410. The van der Waals surface area contributed by atoms with Gasteiger partial charge in [0.05, 0.1) is 21.6 Å². The maximum absolute atomic E-state index is 12.6. The van der Waals surface area contributed by atoms with Crippen LogP contribution in [0.3, 0.4) is 0 Å². The molecule has 1 N–H and O–H groups in total. The molecule has 1 aromatic heterocycles. The molecule has 1 aliphatic heterocycles. The second-order valence-electron chi connectivity index (χ2n) is 5.16.